The number of hydrogen-bond donors (Lipinski definition) is 2. The van der Waals surface area contributed by atoms with Gasteiger partial charge in [0.25, 0.3) is 5.91 Å². The van der Waals surface area contributed by atoms with Gasteiger partial charge in [-0.05, 0) is 26.3 Å². The summed E-state index contributed by atoms with van der Waals surface area (Å²) in [5, 5.41) is 3.37. The molecule has 1 aliphatic heterocycles. The lowest BCUT2D eigenvalue weighted by Crippen LogP contribution is -2.33. The minimum atomic E-state index is -0.633. The largest absolute Gasteiger partial charge is 0.363 e. The Kier molecular flexibility index (Phi) is 4.89. The highest BCUT2D eigenvalue weighted by atomic mass is 19.1. The van der Waals surface area contributed by atoms with E-state index in [-0.39, 0.29) is 17.7 Å². The van der Waals surface area contributed by atoms with Gasteiger partial charge < -0.3 is 16.0 Å². The van der Waals surface area contributed by atoms with Gasteiger partial charge in [-0.15, -0.1) is 0 Å². The molecule has 3 N–H and O–H groups in total. The number of anilines is 1. The van der Waals surface area contributed by atoms with Crippen molar-refractivity contribution in [3.05, 3.63) is 46.9 Å². The third-order valence-electron chi connectivity index (χ3n) is 4.51. The summed E-state index contributed by atoms with van der Waals surface area (Å²) < 4.78 is 13.6. The summed E-state index contributed by atoms with van der Waals surface area (Å²) >= 11 is 0. The van der Waals surface area contributed by atoms with Crippen LogP contribution in [-0.2, 0) is 6.54 Å². The number of amides is 1. The number of halogens is 1. The first-order valence-corrected chi connectivity index (χ1v) is 8.17. The summed E-state index contributed by atoms with van der Waals surface area (Å²) in [5.74, 6) is -0.168. The van der Waals surface area contributed by atoms with Crippen LogP contribution in [0.2, 0.25) is 0 Å². The number of nitrogens with zero attached hydrogens (tertiary/aromatic N) is 4. The Morgan fingerprint density at radius 3 is 2.96 bits per heavy atom. The lowest BCUT2D eigenvalue weighted by molar-refractivity contribution is 0.0990. The van der Waals surface area contributed by atoms with Gasteiger partial charge >= 0.3 is 0 Å². The minimum absolute atomic E-state index is 0.0355. The molecule has 0 saturated carbocycles. The van der Waals surface area contributed by atoms with Crippen molar-refractivity contribution < 1.29 is 9.18 Å². The summed E-state index contributed by atoms with van der Waals surface area (Å²) in [6.45, 7) is 5.74. The van der Waals surface area contributed by atoms with Crippen LogP contribution >= 0.6 is 0 Å². The lowest BCUT2D eigenvalue weighted by atomic mass is 10.2. The van der Waals surface area contributed by atoms with E-state index in [2.05, 4.69) is 25.2 Å². The van der Waals surface area contributed by atoms with E-state index in [1.165, 1.54) is 6.20 Å². The molecule has 3 rings (SSSR count). The number of carbonyl (C=O) groups excluding carboxylic acids is 1. The van der Waals surface area contributed by atoms with E-state index < -0.39 is 5.91 Å². The highest BCUT2D eigenvalue weighted by molar-refractivity contribution is 5.89. The van der Waals surface area contributed by atoms with Gasteiger partial charge in [-0.2, -0.15) is 0 Å². The first-order chi connectivity index (χ1) is 12.0. The Bertz CT molecular complexity index is 797. The van der Waals surface area contributed by atoms with Crippen molar-refractivity contribution in [2.45, 2.75) is 32.9 Å². The number of aromatic nitrogens is 3. The normalized spacial score (nSPS) is 17.1. The predicted octanol–water partition coefficient (Wildman–Crippen LogP) is 1.09. The van der Waals surface area contributed by atoms with Crippen molar-refractivity contribution >= 4 is 11.7 Å². The standard InChI is InChI=1S/C17H21FN6O/c1-10-11(2)22-16(15(19)25)23-17(10)24-6-4-13(9-24)21-7-12-3-5-20-8-14(12)18/h3,5,8,13,21H,4,6-7,9H2,1-2H3,(H2,19,25)/t13-/m1/s1. The van der Waals surface area contributed by atoms with E-state index in [0.717, 1.165) is 36.6 Å². The molecule has 25 heavy (non-hydrogen) atoms. The van der Waals surface area contributed by atoms with Crippen molar-refractivity contribution in [1.82, 2.24) is 20.3 Å². The molecule has 0 unspecified atom stereocenters. The molecule has 3 heterocycles. The van der Waals surface area contributed by atoms with E-state index in [1.807, 2.05) is 13.8 Å². The molecular weight excluding hydrogens is 323 g/mol. The molecule has 1 saturated heterocycles. The monoisotopic (exact) mass is 344 g/mol. The number of nitrogens with one attached hydrogen (secondary N) is 1. The van der Waals surface area contributed by atoms with Gasteiger partial charge in [-0.3, -0.25) is 9.78 Å². The van der Waals surface area contributed by atoms with Gasteiger partial charge in [0.1, 0.15) is 11.6 Å². The van der Waals surface area contributed by atoms with Crippen LogP contribution < -0.4 is 16.0 Å². The van der Waals surface area contributed by atoms with E-state index in [1.54, 1.807) is 12.3 Å². The third kappa shape index (κ3) is 3.74. The van der Waals surface area contributed by atoms with E-state index in [0.29, 0.717) is 12.1 Å². The molecule has 0 spiro atoms. The zero-order valence-electron chi connectivity index (χ0n) is 14.3. The van der Waals surface area contributed by atoms with Gasteiger partial charge in [0, 0.05) is 48.7 Å². The smallest absolute Gasteiger partial charge is 0.286 e. The average Bonchev–Trinajstić information content (AvgIpc) is 3.05. The number of rotatable bonds is 5. The third-order valence-corrected chi connectivity index (χ3v) is 4.51. The van der Waals surface area contributed by atoms with Crippen molar-refractivity contribution in [2.75, 3.05) is 18.0 Å². The maximum absolute atomic E-state index is 13.6. The number of aryl methyl sites for hydroxylation is 1. The molecular formula is C17H21FN6O. The molecule has 7 nitrogen and oxygen atoms in total. The van der Waals surface area contributed by atoms with Crippen LogP contribution in [0.4, 0.5) is 10.2 Å². The van der Waals surface area contributed by atoms with E-state index in [9.17, 15) is 9.18 Å². The highest BCUT2D eigenvalue weighted by Gasteiger charge is 2.26. The summed E-state index contributed by atoms with van der Waals surface area (Å²) in [7, 11) is 0. The predicted molar refractivity (Wildman–Crippen MR) is 91.7 cm³/mol. The van der Waals surface area contributed by atoms with Gasteiger partial charge in [-0.25, -0.2) is 14.4 Å². The number of primary amides is 1. The average molecular weight is 344 g/mol. The molecule has 2 aromatic heterocycles. The van der Waals surface area contributed by atoms with Crippen LogP contribution in [0.15, 0.2) is 18.5 Å². The quantitative estimate of drug-likeness (QED) is 0.843. The molecule has 1 fully saturated rings. The van der Waals surface area contributed by atoms with Crippen LogP contribution in [0.25, 0.3) is 0 Å². The Morgan fingerprint density at radius 1 is 1.44 bits per heavy atom. The topological polar surface area (TPSA) is 97.0 Å². The SMILES string of the molecule is Cc1nc(C(N)=O)nc(N2CC[C@@H](NCc3ccncc3F)C2)c1C. The Balaban J connectivity index is 1.69. The van der Waals surface area contributed by atoms with E-state index >= 15 is 0 Å². The zero-order valence-corrected chi connectivity index (χ0v) is 14.3. The Labute approximate surface area is 145 Å². The van der Waals surface area contributed by atoms with Gasteiger partial charge in [-0.1, -0.05) is 0 Å². The molecule has 0 aliphatic carbocycles. The summed E-state index contributed by atoms with van der Waals surface area (Å²) in [5.41, 5.74) is 7.59. The molecule has 0 bridgehead atoms. The minimum Gasteiger partial charge on any atom is -0.363 e. The van der Waals surface area contributed by atoms with Crippen molar-refractivity contribution in [3.8, 4) is 0 Å². The summed E-state index contributed by atoms with van der Waals surface area (Å²) in [4.78, 5) is 25.7. The van der Waals surface area contributed by atoms with Crippen LogP contribution in [-0.4, -0.2) is 40.0 Å². The number of carbonyl (C=O) groups is 1. The summed E-state index contributed by atoms with van der Waals surface area (Å²) in [6, 6.07) is 1.88. The number of nitrogens with two attached hydrogens (primary N) is 1. The fourth-order valence-corrected chi connectivity index (χ4v) is 2.95. The number of hydrogen-bond acceptors (Lipinski definition) is 6. The second-order valence-corrected chi connectivity index (χ2v) is 6.23. The molecule has 2 aromatic rings. The highest BCUT2D eigenvalue weighted by Crippen LogP contribution is 2.24. The second kappa shape index (κ2) is 7.10. The molecule has 1 aliphatic rings. The van der Waals surface area contributed by atoms with Crippen molar-refractivity contribution in [3.63, 3.8) is 0 Å². The van der Waals surface area contributed by atoms with Crippen LogP contribution in [0, 0.1) is 19.7 Å². The molecule has 132 valence electrons. The van der Waals surface area contributed by atoms with Crippen LogP contribution in [0.3, 0.4) is 0 Å². The fraction of sp³-hybridized carbons (Fsp3) is 0.412. The summed E-state index contributed by atoms with van der Waals surface area (Å²) in [6.07, 6.45) is 3.71. The molecule has 1 atom stereocenters. The van der Waals surface area contributed by atoms with E-state index in [4.69, 9.17) is 5.73 Å². The lowest BCUT2D eigenvalue weighted by Gasteiger charge is -2.21. The molecule has 0 radical (unpaired) electrons. The second-order valence-electron chi connectivity index (χ2n) is 6.23. The first kappa shape index (κ1) is 17.2. The van der Waals surface area contributed by atoms with Crippen LogP contribution in [0.1, 0.15) is 33.9 Å². The molecule has 1 amide bonds. The first-order valence-electron chi connectivity index (χ1n) is 8.17. The van der Waals surface area contributed by atoms with Crippen molar-refractivity contribution in [1.29, 1.82) is 0 Å². The maximum atomic E-state index is 13.6. The Hall–Kier alpha value is -2.61. The number of pyridine rings is 1. The van der Waals surface area contributed by atoms with Crippen molar-refractivity contribution in [2.24, 2.45) is 5.73 Å². The maximum Gasteiger partial charge on any atom is 0.286 e. The zero-order chi connectivity index (χ0) is 18.0. The molecule has 8 heteroatoms. The van der Waals surface area contributed by atoms with Gasteiger partial charge in [0.2, 0.25) is 5.82 Å². The van der Waals surface area contributed by atoms with Gasteiger partial charge in [0.15, 0.2) is 0 Å². The molecule has 0 aromatic carbocycles. The Morgan fingerprint density at radius 2 is 2.24 bits per heavy atom. The fourth-order valence-electron chi connectivity index (χ4n) is 2.95. The van der Waals surface area contributed by atoms with Gasteiger partial charge in [0.05, 0.1) is 6.20 Å². The van der Waals surface area contributed by atoms with Crippen LogP contribution in [0.5, 0.6) is 0 Å².